The molecule has 0 aromatic carbocycles. The summed E-state index contributed by atoms with van der Waals surface area (Å²) in [4.78, 5) is 44.4. The molecule has 0 heterocycles. The maximum atomic E-state index is 11.8. The van der Waals surface area contributed by atoms with Crippen LogP contribution in [-0.2, 0) is 19.2 Å². The van der Waals surface area contributed by atoms with Gasteiger partial charge in [-0.3, -0.25) is 25.2 Å². The molecule has 4 N–H and O–H groups in total. The maximum Gasteiger partial charge on any atom is 0.328 e. The molecule has 0 radical (unpaired) electrons. The largest absolute Gasteiger partial charge is 0.478 e. The average Bonchev–Trinajstić information content (AvgIpc) is 2.49. The Kier molecular flexibility index (Phi) is 6.93. The lowest BCUT2D eigenvalue weighted by atomic mass is 9.89. The van der Waals surface area contributed by atoms with Crippen molar-refractivity contribution in [2.75, 3.05) is 6.54 Å². The van der Waals surface area contributed by atoms with Gasteiger partial charge in [0, 0.05) is 18.1 Å². The van der Waals surface area contributed by atoms with E-state index < -0.39 is 17.8 Å². The van der Waals surface area contributed by atoms with E-state index in [0.29, 0.717) is 6.08 Å². The van der Waals surface area contributed by atoms with Crippen molar-refractivity contribution in [3.63, 3.8) is 0 Å². The van der Waals surface area contributed by atoms with Gasteiger partial charge in [-0.15, -0.1) is 0 Å². The minimum atomic E-state index is -1.27. The lowest BCUT2D eigenvalue weighted by molar-refractivity contribution is -0.132. The summed E-state index contributed by atoms with van der Waals surface area (Å²) in [6, 6.07) is 0. The van der Waals surface area contributed by atoms with Crippen LogP contribution in [0.2, 0.25) is 0 Å². The molecule has 0 bridgehead atoms. The van der Waals surface area contributed by atoms with Crippen molar-refractivity contribution in [2.45, 2.75) is 32.1 Å². The number of nitrogens with one attached hydrogen (secondary N) is 3. The molecule has 1 fully saturated rings. The summed E-state index contributed by atoms with van der Waals surface area (Å²) in [5, 5.41) is 10.8. The van der Waals surface area contributed by atoms with Crippen molar-refractivity contribution in [1.29, 1.82) is 0 Å². The average molecular weight is 297 g/mol. The number of amides is 3. The molecular formula is C13H19N3O5. The molecule has 3 amide bonds. The minimum Gasteiger partial charge on any atom is -0.478 e. The van der Waals surface area contributed by atoms with Crippen LogP contribution in [0.1, 0.15) is 32.1 Å². The van der Waals surface area contributed by atoms with Gasteiger partial charge in [-0.2, -0.15) is 0 Å². The highest BCUT2D eigenvalue weighted by molar-refractivity contribution is 5.95. The topological polar surface area (TPSA) is 125 Å². The van der Waals surface area contributed by atoms with E-state index >= 15 is 0 Å². The number of aliphatic carboxylic acids is 1. The summed E-state index contributed by atoms with van der Waals surface area (Å²) in [7, 11) is 0. The van der Waals surface area contributed by atoms with E-state index in [1.165, 1.54) is 0 Å². The summed E-state index contributed by atoms with van der Waals surface area (Å²) in [6.45, 7) is -0.238. The second kappa shape index (κ2) is 8.72. The molecule has 8 heteroatoms. The Bertz CT molecular complexity index is 441. The molecule has 0 aliphatic heterocycles. The first-order valence-corrected chi connectivity index (χ1v) is 6.76. The lowest BCUT2D eigenvalue weighted by Crippen LogP contribution is -2.46. The zero-order valence-electron chi connectivity index (χ0n) is 11.6. The highest BCUT2D eigenvalue weighted by Crippen LogP contribution is 2.23. The maximum absolute atomic E-state index is 11.8. The van der Waals surface area contributed by atoms with Gasteiger partial charge < -0.3 is 10.4 Å². The Balaban J connectivity index is 2.20. The van der Waals surface area contributed by atoms with Crippen molar-refractivity contribution in [2.24, 2.45) is 5.92 Å². The highest BCUT2D eigenvalue weighted by Gasteiger charge is 2.21. The van der Waals surface area contributed by atoms with Crippen LogP contribution >= 0.6 is 0 Å². The standard InChI is InChI=1S/C13H19N3O5/c17-10(6-7-12(19)20)15-16-11(18)8-14-13(21)9-4-2-1-3-5-9/h6-7,9H,1-5,8H2,(H,14,21)(H,15,17)(H,16,18)(H,19,20). The van der Waals surface area contributed by atoms with Crippen LogP contribution in [0.25, 0.3) is 0 Å². The van der Waals surface area contributed by atoms with Crippen molar-refractivity contribution < 1.29 is 24.3 Å². The summed E-state index contributed by atoms with van der Waals surface area (Å²) in [6.07, 6.45) is 6.27. The fourth-order valence-corrected chi connectivity index (χ4v) is 2.04. The van der Waals surface area contributed by atoms with Gasteiger partial charge in [0.25, 0.3) is 11.8 Å². The molecule has 116 valence electrons. The fraction of sp³-hybridized carbons (Fsp3) is 0.538. The third-order valence-electron chi connectivity index (χ3n) is 3.10. The number of hydrogen-bond acceptors (Lipinski definition) is 4. The van der Waals surface area contributed by atoms with Crippen LogP contribution in [-0.4, -0.2) is 35.3 Å². The lowest BCUT2D eigenvalue weighted by Gasteiger charge is -2.20. The number of hydrogen-bond donors (Lipinski definition) is 4. The van der Waals surface area contributed by atoms with Gasteiger partial charge in [0.15, 0.2) is 0 Å². The van der Waals surface area contributed by atoms with Crippen molar-refractivity contribution in [3.8, 4) is 0 Å². The van der Waals surface area contributed by atoms with E-state index in [2.05, 4.69) is 10.7 Å². The number of carbonyl (C=O) groups is 4. The SMILES string of the molecule is O=C(O)C=CC(=O)NNC(=O)CNC(=O)C1CCCCC1. The van der Waals surface area contributed by atoms with E-state index in [1.807, 2.05) is 5.43 Å². The molecule has 0 atom stereocenters. The zero-order valence-corrected chi connectivity index (χ0v) is 11.6. The molecule has 8 nitrogen and oxygen atoms in total. The van der Waals surface area contributed by atoms with E-state index in [-0.39, 0.29) is 18.4 Å². The Morgan fingerprint density at radius 3 is 2.29 bits per heavy atom. The molecule has 1 aliphatic carbocycles. The summed E-state index contributed by atoms with van der Waals surface area (Å²) in [5.41, 5.74) is 4.07. The van der Waals surface area contributed by atoms with Crippen molar-refractivity contribution in [1.82, 2.24) is 16.2 Å². The van der Waals surface area contributed by atoms with E-state index in [0.717, 1.165) is 38.2 Å². The molecule has 1 rings (SSSR count). The normalized spacial score (nSPS) is 15.4. The molecule has 0 spiro atoms. The van der Waals surface area contributed by atoms with E-state index in [9.17, 15) is 19.2 Å². The second-order valence-corrected chi connectivity index (χ2v) is 4.76. The van der Waals surface area contributed by atoms with Crippen LogP contribution in [0.5, 0.6) is 0 Å². The molecule has 21 heavy (non-hydrogen) atoms. The number of carboxylic acids is 1. The van der Waals surface area contributed by atoms with Crippen molar-refractivity contribution >= 4 is 23.7 Å². The van der Waals surface area contributed by atoms with Gasteiger partial charge in [-0.25, -0.2) is 4.79 Å². The van der Waals surface area contributed by atoms with Crippen LogP contribution in [0.3, 0.4) is 0 Å². The van der Waals surface area contributed by atoms with Gasteiger partial charge in [-0.05, 0) is 12.8 Å². The Morgan fingerprint density at radius 1 is 1.00 bits per heavy atom. The van der Waals surface area contributed by atoms with Crippen LogP contribution in [0.15, 0.2) is 12.2 Å². The smallest absolute Gasteiger partial charge is 0.328 e. The monoisotopic (exact) mass is 297 g/mol. The first-order chi connectivity index (χ1) is 9.99. The molecule has 0 unspecified atom stereocenters. The number of carboxylic acid groups (broad SMARTS) is 1. The highest BCUT2D eigenvalue weighted by atomic mass is 16.4. The molecule has 0 aromatic rings. The third kappa shape index (κ3) is 7.09. The minimum absolute atomic E-state index is 0.0420. The van der Waals surface area contributed by atoms with Crippen LogP contribution in [0, 0.1) is 5.92 Å². The predicted molar refractivity (Wildman–Crippen MR) is 72.6 cm³/mol. The number of carbonyl (C=O) groups excluding carboxylic acids is 3. The summed E-state index contributed by atoms with van der Waals surface area (Å²) in [5.74, 6) is -2.82. The third-order valence-corrected chi connectivity index (χ3v) is 3.10. The first-order valence-electron chi connectivity index (χ1n) is 6.76. The summed E-state index contributed by atoms with van der Waals surface area (Å²) >= 11 is 0. The molecule has 1 saturated carbocycles. The van der Waals surface area contributed by atoms with E-state index in [1.54, 1.807) is 0 Å². The number of hydrazine groups is 1. The van der Waals surface area contributed by atoms with Gasteiger partial charge in [-0.1, -0.05) is 19.3 Å². The quantitative estimate of drug-likeness (QED) is 0.401. The second-order valence-electron chi connectivity index (χ2n) is 4.76. The van der Waals surface area contributed by atoms with Crippen LogP contribution < -0.4 is 16.2 Å². The Morgan fingerprint density at radius 2 is 1.67 bits per heavy atom. The zero-order chi connectivity index (χ0) is 15.7. The fourth-order valence-electron chi connectivity index (χ4n) is 2.04. The molecular weight excluding hydrogens is 278 g/mol. The Labute approximate surface area is 121 Å². The van der Waals surface area contributed by atoms with Gasteiger partial charge in [0.1, 0.15) is 0 Å². The molecule has 0 saturated heterocycles. The van der Waals surface area contributed by atoms with Crippen molar-refractivity contribution in [3.05, 3.63) is 12.2 Å². The van der Waals surface area contributed by atoms with Gasteiger partial charge >= 0.3 is 5.97 Å². The molecule has 1 aliphatic rings. The van der Waals surface area contributed by atoms with Gasteiger partial charge in [0.05, 0.1) is 6.54 Å². The first kappa shape index (κ1) is 16.7. The Hall–Kier alpha value is -2.38. The van der Waals surface area contributed by atoms with E-state index in [4.69, 9.17) is 5.11 Å². The van der Waals surface area contributed by atoms with Crippen LogP contribution in [0.4, 0.5) is 0 Å². The molecule has 0 aromatic heterocycles. The number of rotatable bonds is 5. The van der Waals surface area contributed by atoms with Gasteiger partial charge in [0.2, 0.25) is 5.91 Å². The predicted octanol–water partition coefficient (Wildman–Crippen LogP) is -0.529. The summed E-state index contributed by atoms with van der Waals surface area (Å²) < 4.78 is 0.